The van der Waals surface area contributed by atoms with Gasteiger partial charge in [-0.15, -0.1) is 0 Å². The molecule has 0 saturated heterocycles. The third-order valence-corrected chi connectivity index (χ3v) is 3.59. The van der Waals surface area contributed by atoms with E-state index < -0.39 is 25.6 Å². The largest absolute Gasteiger partial charge is 0.455 e. The van der Waals surface area contributed by atoms with Gasteiger partial charge in [0.15, 0.2) is 6.61 Å². The third-order valence-electron chi connectivity index (χ3n) is 1.52. The average Bonchev–Trinajstić information content (AvgIpc) is 2.14. The Morgan fingerprint density at radius 2 is 2.06 bits per heavy atom. The van der Waals surface area contributed by atoms with Gasteiger partial charge < -0.3 is 9.26 Å². The van der Waals surface area contributed by atoms with Gasteiger partial charge in [-0.05, 0) is 6.92 Å². The first-order chi connectivity index (χ1) is 6.77. The van der Waals surface area contributed by atoms with Crippen LogP contribution in [0.25, 0.3) is 0 Å². The summed E-state index contributed by atoms with van der Waals surface area (Å²) >= 11 is 0. The number of rotatable bonds is 6. The van der Waals surface area contributed by atoms with E-state index in [-0.39, 0.29) is 14.0 Å². The molecule has 0 fully saturated rings. The maximum atomic E-state index is 13.2. The quantitative estimate of drug-likeness (QED) is 0.417. The number of carbonyl (C=O) groups is 1. The lowest BCUT2D eigenvalue weighted by molar-refractivity contribution is -0.143. The van der Waals surface area contributed by atoms with Crippen LogP contribution in [0.3, 0.4) is 0 Å². The molecule has 0 bridgehead atoms. The number of ether oxygens (including phenoxy) is 1. The summed E-state index contributed by atoms with van der Waals surface area (Å²) < 4.78 is 46.3. The molecule has 0 saturated carbocycles. The molecule has 0 aromatic rings. The molecule has 0 rings (SSSR count). The summed E-state index contributed by atoms with van der Waals surface area (Å²) in [4.78, 5) is 10.5. The monoisotopic (exact) mass is 258 g/mol. The summed E-state index contributed by atoms with van der Waals surface area (Å²) in [5.41, 5.74) is -3.68. The Kier molecular flexibility index (Phi) is 7.46. The van der Waals surface area contributed by atoms with E-state index >= 15 is 0 Å². The van der Waals surface area contributed by atoms with Crippen molar-refractivity contribution in [1.82, 2.24) is 0 Å². The van der Waals surface area contributed by atoms with Crippen molar-refractivity contribution in [3.05, 3.63) is 12.7 Å². The van der Waals surface area contributed by atoms with Crippen LogP contribution in [0.5, 0.6) is 0 Å². The number of hydrogen-bond acceptors (Lipinski definition) is 4. The summed E-state index contributed by atoms with van der Waals surface area (Å²) in [5.74, 6) is -0.994. The molecule has 96 valence electrons. The van der Waals surface area contributed by atoms with Gasteiger partial charge >= 0.3 is 11.6 Å². The zero-order valence-electron chi connectivity index (χ0n) is 8.53. The predicted molar refractivity (Wildman–Crippen MR) is 58.0 cm³/mol. The van der Waals surface area contributed by atoms with Gasteiger partial charge in [0.1, 0.15) is 0 Å². The van der Waals surface area contributed by atoms with Crippen molar-refractivity contribution in [1.29, 1.82) is 0 Å². The van der Waals surface area contributed by atoms with Crippen molar-refractivity contribution in [2.45, 2.75) is 20.0 Å². The van der Waals surface area contributed by atoms with E-state index in [1.54, 1.807) is 0 Å². The molecule has 7 heteroatoms. The Morgan fingerprint density at radius 3 is 2.44 bits per heavy atom. The summed E-state index contributed by atoms with van der Waals surface area (Å²) in [5, 5.41) is 0. The minimum atomic E-state index is -4.11. The fourth-order valence-electron chi connectivity index (χ4n) is 0.675. The number of alkyl halides is 2. The number of halogens is 2. The molecular formula is C9H17F2O4P. The second-order valence-corrected chi connectivity index (χ2v) is 5.35. The SMILES string of the molecule is C.C=CC(=O)OCC(F)(F)P(C)(=O)OCC. The molecule has 1 atom stereocenters. The zero-order chi connectivity index (χ0) is 12.1. The Bertz CT molecular complexity index is 291. The maximum Gasteiger partial charge on any atom is 0.354 e. The molecule has 0 N–H and O–H groups in total. The highest BCUT2D eigenvalue weighted by Gasteiger charge is 2.48. The second kappa shape index (κ2) is 6.76. The van der Waals surface area contributed by atoms with Gasteiger partial charge in [-0.3, -0.25) is 4.57 Å². The maximum absolute atomic E-state index is 13.2. The minimum Gasteiger partial charge on any atom is -0.455 e. The lowest BCUT2D eigenvalue weighted by atomic mass is 10.6. The minimum absolute atomic E-state index is 0. The Hall–Kier alpha value is -0.740. The highest BCUT2D eigenvalue weighted by molar-refractivity contribution is 7.59. The highest BCUT2D eigenvalue weighted by atomic mass is 31.2. The smallest absolute Gasteiger partial charge is 0.354 e. The van der Waals surface area contributed by atoms with Crippen LogP contribution in [-0.2, 0) is 18.6 Å². The molecule has 0 aliphatic heterocycles. The molecule has 0 aliphatic carbocycles. The van der Waals surface area contributed by atoms with Crippen LogP contribution in [-0.4, -0.2) is 31.5 Å². The van der Waals surface area contributed by atoms with Crippen molar-refractivity contribution < 1.29 is 27.4 Å². The number of hydrogen-bond donors (Lipinski definition) is 0. The van der Waals surface area contributed by atoms with Gasteiger partial charge in [0, 0.05) is 12.7 Å². The summed E-state index contributed by atoms with van der Waals surface area (Å²) in [6.45, 7) is 3.92. The van der Waals surface area contributed by atoms with Crippen LogP contribution < -0.4 is 0 Å². The van der Waals surface area contributed by atoms with Crippen molar-refractivity contribution in [2.24, 2.45) is 0 Å². The van der Waals surface area contributed by atoms with Gasteiger partial charge in [0.2, 0.25) is 0 Å². The van der Waals surface area contributed by atoms with E-state index in [4.69, 9.17) is 0 Å². The Balaban J connectivity index is 0. The topological polar surface area (TPSA) is 52.6 Å². The molecule has 4 nitrogen and oxygen atoms in total. The molecule has 0 aliphatic rings. The second-order valence-electron chi connectivity index (χ2n) is 2.74. The van der Waals surface area contributed by atoms with Gasteiger partial charge in [-0.25, -0.2) is 4.79 Å². The van der Waals surface area contributed by atoms with Crippen LogP contribution in [0.2, 0.25) is 0 Å². The van der Waals surface area contributed by atoms with Gasteiger partial charge in [0.05, 0.1) is 6.61 Å². The molecule has 0 amide bonds. The van der Waals surface area contributed by atoms with Crippen molar-refractivity contribution in [3.63, 3.8) is 0 Å². The molecule has 0 aromatic heterocycles. The fourth-order valence-corrected chi connectivity index (χ4v) is 1.66. The van der Waals surface area contributed by atoms with E-state index in [0.717, 1.165) is 12.7 Å². The normalized spacial score (nSPS) is 14.5. The number of carbonyl (C=O) groups excluding carboxylic acids is 1. The van der Waals surface area contributed by atoms with Crippen LogP contribution in [0, 0.1) is 0 Å². The van der Waals surface area contributed by atoms with E-state index in [0.29, 0.717) is 0 Å². The van der Waals surface area contributed by atoms with Crippen LogP contribution in [0.15, 0.2) is 12.7 Å². The van der Waals surface area contributed by atoms with E-state index in [1.165, 1.54) is 6.92 Å². The molecule has 16 heavy (non-hydrogen) atoms. The van der Waals surface area contributed by atoms with Crippen LogP contribution in [0.1, 0.15) is 14.4 Å². The first-order valence-electron chi connectivity index (χ1n) is 4.16. The average molecular weight is 258 g/mol. The molecule has 1 unspecified atom stereocenters. The van der Waals surface area contributed by atoms with E-state index in [2.05, 4.69) is 15.8 Å². The Labute approximate surface area is 94.1 Å². The zero-order valence-corrected chi connectivity index (χ0v) is 9.43. The summed E-state index contributed by atoms with van der Waals surface area (Å²) in [6, 6.07) is 0. The van der Waals surface area contributed by atoms with Crippen molar-refractivity contribution in [3.8, 4) is 0 Å². The first-order valence-corrected chi connectivity index (χ1v) is 6.23. The van der Waals surface area contributed by atoms with E-state index in [1.807, 2.05) is 0 Å². The summed E-state index contributed by atoms with van der Waals surface area (Å²) in [6.07, 6.45) is 0.747. The summed E-state index contributed by atoms with van der Waals surface area (Å²) in [7, 11) is -4.11. The van der Waals surface area contributed by atoms with Crippen molar-refractivity contribution >= 4 is 13.3 Å². The van der Waals surface area contributed by atoms with Gasteiger partial charge in [-0.2, -0.15) is 8.78 Å². The first kappa shape index (κ1) is 17.6. The lowest BCUT2D eigenvalue weighted by Gasteiger charge is -2.22. The van der Waals surface area contributed by atoms with Gasteiger partial charge in [0.25, 0.3) is 7.37 Å². The molecular weight excluding hydrogens is 241 g/mol. The van der Waals surface area contributed by atoms with Crippen LogP contribution in [0.4, 0.5) is 8.78 Å². The third kappa shape index (κ3) is 4.86. The molecule has 0 radical (unpaired) electrons. The molecule has 0 spiro atoms. The molecule has 0 heterocycles. The lowest BCUT2D eigenvalue weighted by Crippen LogP contribution is -2.26. The predicted octanol–water partition coefficient (Wildman–Crippen LogP) is 2.89. The van der Waals surface area contributed by atoms with Crippen LogP contribution >= 0.6 is 7.37 Å². The van der Waals surface area contributed by atoms with E-state index in [9.17, 15) is 18.1 Å². The van der Waals surface area contributed by atoms with Gasteiger partial charge in [-0.1, -0.05) is 14.0 Å². The standard InChI is InChI=1S/C8H13F2O4P.CH4/c1-4-7(11)13-6-8(9,10)15(3,12)14-5-2;/h4H,1,5-6H2,2-3H3;1H4. The Morgan fingerprint density at radius 1 is 1.56 bits per heavy atom. The molecule has 0 aromatic carbocycles. The number of esters is 1. The van der Waals surface area contributed by atoms with Crippen molar-refractivity contribution in [2.75, 3.05) is 19.9 Å². The highest BCUT2D eigenvalue weighted by Crippen LogP contribution is 2.57. The fraction of sp³-hybridized carbons (Fsp3) is 0.667.